The number of benzene rings is 1. The van der Waals surface area contributed by atoms with Crippen LogP contribution in [0.5, 0.6) is 0 Å². The highest BCUT2D eigenvalue weighted by Crippen LogP contribution is 2.51. The molecule has 3 nitrogen and oxygen atoms in total. The lowest BCUT2D eigenvalue weighted by Gasteiger charge is -2.08. The number of hydrogen-bond acceptors (Lipinski definition) is 2. The number of nitrogen functional groups attached to an aromatic ring is 1. The maximum Gasteiger partial charge on any atom is 0.228 e. The molecular weight excluding hydrogens is 200 g/mol. The third-order valence-corrected chi connectivity index (χ3v) is 3.37. The van der Waals surface area contributed by atoms with Gasteiger partial charge < -0.3 is 11.1 Å². The van der Waals surface area contributed by atoms with E-state index in [1.54, 1.807) is 0 Å². The highest BCUT2D eigenvalue weighted by Gasteiger charge is 2.50. The molecule has 1 unspecified atom stereocenters. The number of nitrogens with two attached hydrogens (primary N) is 1. The second-order valence-electron chi connectivity index (χ2n) is 5.31. The van der Waals surface area contributed by atoms with Crippen LogP contribution in [0, 0.1) is 18.3 Å². The average Bonchev–Trinajstić information content (AvgIpc) is 2.82. The summed E-state index contributed by atoms with van der Waals surface area (Å²) in [4.78, 5) is 11.8. The number of nitrogens with one attached hydrogen (secondary N) is 1. The molecule has 0 heterocycles. The molecule has 3 heteroatoms. The quantitative estimate of drug-likeness (QED) is 0.749. The van der Waals surface area contributed by atoms with Gasteiger partial charge in [-0.15, -0.1) is 0 Å². The monoisotopic (exact) mass is 218 g/mol. The van der Waals surface area contributed by atoms with Crippen molar-refractivity contribution in [2.45, 2.75) is 27.2 Å². The second kappa shape index (κ2) is 3.51. The average molecular weight is 218 g/mol. The van der Waals surface area contributed by atoms with E-state index >= 15 is 0 Å². The maximum absolute atomic E-state index is 11.8. The van der Waals surface area contributed by atoms with Crippen molar-refractivity contribution >= 4 is 17.3 Å². The van der Waals surface area contributed by atoms with Crippen molar-refractivity contribution in [2.75, 3.05) is 11.1 Å². The minimum atomic E-state index is 0.120. The number of carbonyl (C=O) groups excluding carboxylic acids is 1. The number of hydrogen-bond donors (Lipinski definition) is 2. The third kappa shape index (κ3) is 2.03. The second-order valence-corrected chi connectivity index (χ2v) is 5.31. The van der Waals surface area contributed by atoms with Crippen molar-refractivity contribution in [3.8, 4) is 0 Å². The summed E-state index contributed by atoms with van der Waals surface area (Å²) >= 11 is 0. The Kier molecular flexibility index (Phi) is 2.41. The van der Waals surface area contributed by atoms with Gasteiger partial charge in [-0.2, -0.15) is 0 Å². The zero-order valence-electron chi connectivity index (χ0n) is 10.0. The smallest absolute Gasteiger partial charge is 0.228 e. The van der Waals surface area contributed by atoms with E-state index in [0.29, 0.717) is 0 Å². The van der Waals surface area contributed by atoms with Crippen molar-refractivity contribution in [2.24, 2.45) is 11.3 Å². The van der Waals surface area contributed by atoms with Crippen LogP contribution in [0.15, 0.2) is 18.2 Å². The van der Waals surface area contributed by atoms with Gasteiger partial charge in [0.2, 0.25) is 5.91 Å². The molecule has 0 aromatic heterocycles. The van der Waals surface area contributed by atoms with Gasteiger partial charge in [-0.1, -0.05) is 13.8 Å². The summed E-state index contributed by atoms with van der Waals surface area (Å²) in [6, 6.07) is 5.57. The minimum Gasteiger partial charge on any atom is -0.399 e. The van der Waals surface area contributed by atoms with Gasteiger partial charge in [0.15, 0.2) is 0 Å². The predicted molar refractivity (Wildman–Crippen MR) is 66.1 cm³/mol. The van der Waals surface area contributed by atoms with Gasteiger partial charge in [-0.25, -0.2) is 0 Å². The molecule has 0 aliphatic heterocycles. The fourth-order valence-corrected chi connectivity index (χ4v) is 1.90. The zero-order chi connectivity index (χ0) is 11.9. The molecule has 16 heavy (non-hydrogen) atoms. The predicted octanol–water partition coefficient (Wildman–Crippen LogP) is 2.56. The molecule has 1 aliphatic carbocycles. The Bertz CT molecular complexity index is 438. The lowest BCUT2D eigenvalue weighted by molar-refractivity contribution is -0.117. The molecular formula is C13H18N2O. The molecule has 0 radical (unpaired) electrons. The number of rotatable bonds is 2. The van der Waals surface area contributed by atoms with Gasteiger partial charge in [-0.05, 0) is 42.5 Å². The fourth-order valence-electron chi connectivity index (χ4n) is 1.90. The molecule has 0 bridgehead atoms. The molecule has 2 rings (SSSR count). The number of amides is 1. The molecule has 1 fully saturated rings. The minimum absolute atomic E-state index is 0.120. The van der Waals surface area contributed by atoms with Crippen molar-refractivity contribution in [1.29, 1.82) is 0 Å². The molecule has 0 saturated heterocycles. The van der Waals surface area contributed by atoms with E-state index in [2.05, 4.69) is 19.2 Å². The lowest BCUT2D eigenvalue weighted by Crippen LogP contribution is -2.16. The third-order valence-electron chi connectivity index (χ3n) is 3.37. The standard InChI is InChI=1S/C13H18N2O/c1-8-6-9(4-5-11(8)14)15-12(16)10-7-13(10,2)3/h4-6,10H,7,14H2,1-3H3,(H,15,16). The Morgan fingerprint density at radius 1 is 1.50 bits per heavy atom. The summed E-state index contributed by atoms with van der Waals surface area (Å²) in [6.45, 7) is 6.17. The summed E-state index contributed by atoms with van der Waals surface area (Å²) in [5, 5.41) is 2.93. The normalized spacial score (nSPS) is 21.6. The molecule has 1 aromatic rings. The van der Waals surface area contributed by atoms with E-state index < -0.39 is 0 Å². The zero-order valence-corrected chi connectivity index (χ0v) is 10.0. The van der Waals surface area contributed by atoms with Crippen LogP contribution < -0.4 is 11.1 Å². The van der Waals surface area contributed by atoms with Gasteiger partial charge in [0, 0.05) is 17.3 Å². The molecule has 1 aromatic carbocycles. The van der Waals surface area contributed by atoms with E-state index in [-0.39, 0.29) is 17.2 Å². The van der Waals surface area contributed by atoms with E-state index in [9.17, 15) is 4.79 Å². The van der Waals surface area contributed by atoms with Crippen LogP contribution in [0.2, 0.25) is 0 Å². The fraction of sp³-hybridized carbons (Fsp3) is 0.462. The summed E-state index contributed by atoms with van der Waals surface area (Å²) in [5.41, 5.74) is 8.48. The Labute approximate surface area is 96.0 Å². The summed E-state index contributed by atoms with van der Waals surface area (Å²) in [7, 11) is 0. The van der Waals surface area contributed by atoms with E-state index in [4.69, 9.17) is 5.73 Å². The summed E-state index contributed by atoms with van der Waals surface area (Å²) < 4.78 is 0. The van der Waals surface area contributed by atoms with E-state index in [1.807, 2.05) is 25.1 Å². The van der Waals surface area contributed by atoms with Gasteiger partial charge in [0.25, 0.3) is 0 Å². The molecule has 1 amide bonds. The van der Waals surface area contributed by atoms with Crippen LogP contribution >= 0.6 is 0 Å². The highest BCUT2D eigenvalue weighted by atomic mass is 16.2. The van der Waals surface area contributed by atoms with Crippen molar-refractivity contribution in [3.63, 3.8) is 0 Å². The first kappa shape index (κ1) is 11.0. The van der Waals surface area contributed by atoms with Crippen LogP contribution in [-0.4, -0.2) is 5.91 Å². The SMILES string of the molecule is Cc1cc(NC(=O)C2CC2(C)C)ccc1N. The molecule has 3 N–H and O–H groups in total. The van der Waals surface area contributed by atoms with Crippen LogP contribution in [0.4, 0.5) is 11.4 Å². The topological polar surface area (TPSA) is 55.1 Å². The molecule has 1 aliphatic rings. The first-order chi connectivity index (χ1) is 7.40. The summed E-state index contributed by atoms with van der Waals surface area (Å²) in [6.07, 6.45) is 0.979. The summed E-state index contributed by atoms with van der Waals surface area (Å²) in [5.74, 6) is 0.277. The molecule has 1 atom stereocenters. The van der Waals surface area contributed by atoms with Crippen LogP contribution in [0.25, 0.3) is 0 Å². The Morgan fingerprint density at radius 2 is 2.12 bits per heavy atom. The van der Waals surface area contributed by atoms with Gasteiger partial charge >= 0.3 is 0 Å². The molecule has 1 saturated carbocycles. The van der Waals surface area contributed by atoms with E-state index in [0.717, 1.165) is 23.4 Å². The van der Waals surface area contributed by atoms with E-state index in [1.165, 1.54) is 0 Å². The number of anilines is 2. The number of aryl methyl sites for hydroxylation is 1. The highest BCUT2D eigenvalue weighted by molar-refractivity contribution is 5.95. The Hall–Kier alpha value is -1.51. The first-order valence-corrected chi connectivity index (χ1v) is 5.57. The first-order valence-electron chi connectivity index (χ1n) is 5.57. The van der Waals surface area contributed by atoms with Crippen LogP contribution in [-0.2, 0) is 4.79 Å². The van der Waals surface area contributed by atoms with Crippen LogP contribution in [0.3, 0.4) is 0 Å². The Morgan fingerprint density at radius 3 is 2.62 bits per heavy atom. The van der Waals surface area contributed by atoms with Crippen molar-refractivity contribution < 1.29 is 4.79 Å². The maximum atomic E-state index is 11.8. The van der Waals surface area contributed by atoms with Crippen LogP contribution in [0.1, 0.15) is 25.8 Å². The van der Waals surface area contributed by atoms with Crippen molar-refractivity contribution in [3.05, 3.63) is 23.8 Å². The largest absolute Gasteiger partial charge is 0.399 e. The Balaban J connectivity index is 2.05. The molecule has 0 spiro atoms. The lowest BCUT2D eigenvalue weighted by atomic mass is 10.1. The van der Waals surface area contributed by atoms with Crippen molar-refractivity contribution in [1.82, 2.24) is 0 Å². The van der Waals surface area contributed by atoms with Gasteiger partial charge in [0.05, 0.1) is 0 Å². The number of carbonyl (C=O) groups is 1. The molecule has 86 valence electrons. The van der Waals surface area contributed by atoms with Gasteiger partial charge in [-0.3, -0.25) is 4.79 Å². The van der Waals surface area contributed by atoms with Gasteiger partial charge in [0.1, 0.15) is 0 Å².